The van der Waals surface area contributed by atoms with Gasteiger partial charge in [-0.1, -0.05) is 0 Å². The molecule has 8 heteroatoms. The highest BCUT2D eigenvalue weighted by Crippen LogP contribution is 2.19. The molecule has 15 heavy (non-hydrogen) atoms. The van der Waals surface area contributed by atoms with Crippen molar-refractivity contribution < 1.29 is 18.3 Å². The van der Waals surface area contributed by atoms with E-state index in [4.69, 9.17) is 5.11 Å². The maximum atomic E-state index is 11.8. The van der Waals surface area contributed by atoms with Crippen molar-refractivity contribution in [2.45, 2.75) is 25.2 Å². The van der Waals surface area contributed by atoms with Crippen molar-refractivity contribution >= 4 is 29.9 Å². The van der Waals surface area contributed by atoms with Crippen LogP contribution in [0.4, 0.5) is 13.2 Å². The molecule has 1 aliphatic heterocycles. The van der Waals surface area contributed by atoms with E-state index in [1.54, 1.807) is 0 Å². The molecular formula is C7H13F3IN3O. The number of rotatable bonds is 2. The molecular weight excluding hydrogens is 326 g/mol. The lowest BCUT2D eigenvalue weighted by molar-refractivity contribution is -0.201. The van der Waals surface area contributed by atoms with Crippen molar-refractivity contribution in [1.82, 2.24) is 10.6 Å². The van der Waals surface area contributed by atoms with E-state index < -0.39 is 18.8 Å². The lowest BCUT2D eigenvalue weighted by atomic mass is 10.3. The number of nitrogens with zero attached hydrogens (tertiary/aromatic N) is 1. The van der Waals surface area contributed by atoms with Crippen LogP contribution in [0.3, 0.4) is 0 Å². The molecule has 3 N–H and O–H groups in total. The first-order chi connectivity index (χ1) is 6.39. The standard InChI is InChI=1S/C7H12F3N3O.HI/c1-4-2-11-6(13-4)12-3-5(14)7(8,9)10;/h4-5,14H,2-3H2,1H3,(H2,11,12,13);1H. The SMILES string of the molecule is CC1CN=C(NCC(O)C(F)(F)F)N1.I. The van der Waals surface area contributed by atoms with Gasteiger partial charge in [0.1, 0.15) is 0 Å². The second kappa shape index (κ2) is 5.73. The molecule has 0 aromatic carbocycles. The highest BCUT2D eigenvalue weighted by atomic mass is 127. The van der Waals surface area contributed by atoms with Gasteiger partial charge < -0.3 is 15.7 Å². The topological polar surface area (TPSA) is 56.7 Å². The summed E-state index contributed by atoms with van der Waals surface area (Å²) in [7, 11) is 0. The van der Waals surface area contributed by atoms with Crippen LogP contribution in [0.5, 0.6) is 0 Å². The molecule has 1 heterocycles. The predicted octanol–water partition coefficient (Wildman–Crippen LogP) is 0.465. The first kappa shape index (κ1) is 14.8. The minimum atomic E-state index is -4.59. The van der Waals surface area contributed by atoms with Gasteiger partial charge in [0.05, 0.1) is 13.1 Å². The van der Waals surface area contributed by atoms with Crippen molar-refractivity contribution in [2.24, 2.45) is 4.99 Å². The Bertz CT molecular complexity index is 234. The highest BCUT2D eigenvalue weighted by Gasteiger charge is 2.38. The van der Waals surface area contributed by atoms with Crippen molar-refractivity contribution in [3.05, 3.63) is 0 Å². The Morgan fingerprint density at radius 3 is 2.67 bits per heavy atom. The van der Waals surface area contributed by atoms with E-state index in [1.165, 1.54) is 0 Å². The average Bonchev–Trinajstić information content (AvgIpc) is 2.45. The van der Waals surface area contributed by atoms with Crippen LogP contribution in [-0.2, 0) is 0 Å². The minimum absolute atomic E-state index is 0. The lowest BCUT2D eigenvalue weighted by Gasteiger charge is -2.16. The van der Waals surface area contributed by atoms with Gasteiger partial charge in [-0.3, -0.25) is 4.99 Å². The molecule has 1 aliphatic rings. The third kappa shape index (κ3) is 4.87. The zero-order chi connectivity index (χ0) is 10.8. The van der Waals surface area contributed by atoms with E-state index in [1.807, 2.05) is 6.92 Å². The summed E-state index contributed by atoms with van der Waals surface area (Å²) < 4.78 is 35.5. The Labute approximate surface area is 102 Å². The maximum absolute atomic E-state index is 11.8. The van der Waals surface area contributed by atoms with Crippen molar-refractivity contribution in [2.75, 3.05) is 13.1 Å². The lowest BCUT2D eigenvalue weighted by Crippen LogP contribution is -2.45. The fourth-order valence-electron chi connectivity index (χ4n) is 0.969. The summed E-state index contributed by atoms with van der Waals surface area (Å²) in [6.07, 6.45) is -6.94. The average molecular weight is 339 g/mol. The summed E-state index contributed by atoms with van der Waals surface area (Å²) in [4.78, 5) is 3.89. The zero-order valence-corrected chi connectivity index (χ0v) is 10.3. The van der Waals surface area contributed by atoms with E-state index in [2.05, 4.69) is 15.6 Å². The minimum Gasteiger partial charge on any atom is -0.382 e. The summed E-state index contributed by atoms with van der Waals surface area (Å²) >= 11 is 0. The van der Waals surface area contributed by atoms with E-state index in [0.29, 0.717) is 12.5 Å². The number of guanidine groups is 1. The Balaban J connectivity index is 0.00000196. The Hall–Kier alpha value is -0.250. The van der Waals surface area contributed by atoms with Gasteiger partial charge in [0.15, 0.2) is 12.1 Å². The van der Waals surface area contributed by atoms with Gasteiger partial charge in [-0.2, -0.15) is 13.2 Å². The first-order valence-electron chi connectivity index (χ1n) is 4.19. The Morgan fingerprint density at radius 1 is 1.67 bits per heavy atom. The molecule has 0 fully saturated rings. The number of aliphatic hydroxyl groups excluding tert-OH is 1. The van der Waals surface area contributed by atoms with Gasteiger partial charge in [0.25, 0.3) is 0 Å². The quantitative estimate of drug-likeness (QED) is 0.641. The Kier molecular flexibility index (Phi) is 5.63. The summed E-state index contributed by atoms with van der Waals surface area (Å²) in [5.74, 6) is 0.306. The van der Waals surface area contributed by atoms with Crippen LogP contribution < -0.4 is 10.6 Å². The predicted molar refractivity (Wildman–Crippen MR) is 60.4 cm³/mol. The van der Waals surface area contributed by atoms with Crippen LogP contribution in [0.2, 0.25) is 0 Å². The first-order valence-corrected chi connectivity index (χ1v) is 4.19. The van der Waals surface area contributed by atoms with Gasteiger partial charge in [0.2, 0.25) is 0 Å². The summed E-state index contributed by atoms with van der Waals surface area (Å²) in [6, 6.07) is 0.125. The fourth-order valence-corrected chi connectivity index (χ4v) is 0.969. The molecule has 0 aromatic rings. The van der Waals surface area contributed by atoms with Crippen LogP contribution >= 0.6 is 24.0 Å². The number of hydrogen-bond donors (Lipinski definition) is 3. The van der Waals surface area contributed by atoms with Crippen LogP contribution in [0.1, 0.15) is 6.92 Å². The molecule has 90 valence electrons. The van der Waals surface area contributed by atoms with E-state index in [-0.39, 0.29) is 30.0 Å². The molecule has 0 bridgehead atoms. The largest absolute Gasteiger partial charge is 0.416 e. The monoisotopic (exact) mass is 339 g/mol. The van der Waals surface area contributed by atoms with Crippen LogP contribution in [0.25, 0.3) is 0 Å². The summed E-state index contributed by atoms with van der Waals surface area (Å²) in [6.45, 7) is 1.81. The van der Waals surface area contributed by atoms with Crippen LogP contribution in [0, 0.1) is 0 Å². The van der Waals surface area contributed by atoms with Crippen LogP contribution in [-0.4, -0.2) is 42.5 Å². The molecule has 2 atom stereocenters. The molecule has 0 spiro atoms. The number of nitrogens with one attached hydrogen (secondary N) is 2. The van der Waals surface area contributed by atoms with Gasteiger partial charge >= 0.3 is 6.18 Å². The fraction of sp³-hybridized carbons (Fsp3) is 0.857. The van der Waals surface area contributed by atoms with E-state index >= 15 is 0 Å². The molecule has 2 unspecified atom stereocenters. The molecule has 1 rings (SSSR count). The summed E-state index contributed by atoms with van der Waals surface area (Å²) in [5, 5.41) is 13.8. The number of aliphatic hydroxyl groups is 1. The van der Waals surface area contributed by atoms with Crippen molar-refractivity contribution in [3.63, 3.8) is 0 Å². The molecule has 0 aromatic heterocycles. The van der Waals surface area contributed by atoms with E-state index in [9.17, 15) is 13.2 Å². The second-order valence-corrected chi connectivity index (χ2v) is 3.17. The third-order valence-corrected chi connectivity index (χ3v) is 1.75. The van der Waals surface area contributed by atoms with Gasteiger partial charge in [-0.05, 0) is 6.92 Å². The van der Waals surface area contributed by atoms with Gasteiger partial charge in [-0.25, -0.2) is 0 Å². The zero-order valence-electron chi connectivity index (χ0n) is 8.01. The van der Waals surface area contributed by atoms with Gasteiger partial charge in [-0.15, -0.1) is 24.0 Å². The normalized spacial score (nSPS) is 22.5. The molecule has 0 aliphatic carbocycles. The third-order valence-electron chi connectivity index (χ3n) is 1.75. The van der Waals surface area contributed by atoms with Crippen molar-refractivity contribution in [3.8, 4) is 0 Å². The number of halogens is 4. The molecule has 0 saturated carbocycles. The Morgan fingerprint density at radius 2 is 2.27 bits per heavy atom. The number of alkyl halides is 3. The second-order valence-electron chi connectivity index (χ2n) is 3.17. The highest BCUT2D eigenvalue weighted by molar-refractivity contribution is 14.0. The summed E-state index contributed by atoms with van der Waals surface area (Å²) in [5.41, 5.74) is 0. The molecule has 0 amide bonds. The molecule has 0 saturated heterocycles. The molecule has 0 radical (unpaired) electrons. The van der Waals surface area contributed by atoms with Gasteiger partial charge in [0, 0.05) is 6.04 Å². The van der Waals surface area contributed by atoms with E-state index in [0.717, 1.165) is 0 Å². The van der Waals surface area contributed by atoms with Crippen molar-refractivity contribution in [1.29, 1.82) is 0 Å². The van der Waals surface area contributed by atoms with Crippen LogP contribution in [0.15, 0.2) is 4.99 Å². The number of hydrogen-bond acceptors (Lipinski definition) is 4. The smallest absolute Gasteiger partial charge is 0.382 e. The maximum Gasteiger partial charge on any atom is 0.416 e. The molecule has 4 nitrogen and oxygen atoms in total. The number of aliphatic imine (C=N–C) groups is 1.